The molecule has 16 heavy (non-hydrogen) atoms. The van der Waals surface area contributed by atoms with Crippen LogP contribution in [0.5, 0.6) is 0 Å². The first-order valence-corrected chi connectivity index (χ1v) is 6.69. The molecular weight excluding hydrogens is 264 g/mol. The zero-order valence-corrected chi connectivity index (χ0v) is 11.5. The number of hydrogen-bond acceptors (Lipinski definition) is 2. The molecule has 0 bridgehead atoms. The number of para-hydroxylation sites is 1. The zero-order chi connectivity index (χ0) is 11.5. The molecule has 2 rings (SSSR count). The molecule has 2 nitrogen and oxygen atoms in total. The number of hydrogen-bond donors (Lipinski definition) is 1. The Balaban J connectivity index is 2.15. The van der Waals surface area contributed by atoms with Crippen molar-refractivity contribution < 1.29 is 0 Å². The van der Waals surface area contributed by atoms with Crippen LogP contribution in [-0.4, -0.2) is 26.2 Å². The Morgan fingerprint density at radius 1 is 1.44 bits per heavy atom. The van der Waals surface area contributed by atoms with Gasteiger partial charge in [0.1, 0.15) is 0 Å². The fourth-order valence-electron chi connectivity index (χ4n) is 2.56. The molecule has 0 aliphatic carbocycles. The van der Waals surface area contributed by atoms with Gasteiger partial charge in [-0.15, -0.1) is 0 Å². The lowest BCUT2D eigenvalue weighted by atomic mass is 10.0. The lowest BCUT2D eigenvalue weighted by molar-refractivity contribution is 0.473. The normalized spacial score (nSPS) is 25.1. The van der Waals surface area contributed by atoms with Gasteiger partial charge in [-0.2, -0.15) is 0 Å². The maximum Gasteiger partial charge on any atom is 0.0513 e. The Kier molecular flexibility index (Phi) is 3.87. The molecule has 2 unspecified atom stereocenters. The first-order valence-electron chi connectivity index (χ1n) is 5.90. The van der Waals surface area contributed by atoms with Crippen molar-refractivity contribution in [2.24, 2.45) is 5.92 Å². The minimum absolute atomic E-state index is 0.617. The smallest absolute Gasteiger partial charge is 0.0513 e. The molecule has 0 radical (unpaired) electrons. The zero-order valence-electron chi connectivity index (χ0n) is 9.91. The van der Waals surface area contributed by atoms with Crippen molar-refractivity contribution in [1.82, 2.24) is 5.32 Å². The van der Waals surface area contributed by atoms with Crippen molar-refractivity contribution >= 4 is 21.6 Å². The second-order valence-corrected chi connectivity index (χ2v) is 5.35. The lowest BCUT2D eigenvalue weighted by Gasteiger charge is -2.27. The fourth-order valence-corrected chi connectivity index (χ4v) is 3.08. The summed E-state index contributed by atoms with van der Waals surface area (Å²) in [6.45, 7) is 4.60. The van der Waals surface area contributed by atoms with Crippen LogP contribution < -0.4 is 10.2 Å². The van der Waals surface area contributed by atoms with Crippen LogP contribution >= 0.6 is 15.9 Å². The standard InChI is InChI=1S/C13H19BrN2/c1-10-11(9-15-2)7-8-16(10)13-6-4-3-5-12(13)14/h3-6,10-11,15H,7-9H2,1-2H3. The Morgan fingerprint density at radius 2 is 2.19 bits per heavy atom. The van der Waals surface area contributed by atoms with Crippen molar-refractivity contribution in [3.05, 3.63) is 28.7 Å². The molecule has 0 aromatic heterocycles. The number of benzene rings is 1. The summed E-state index contributed by atoms with van der Waals surface area (Å²) in [5, 5.41) is 3.29. The molecule has 3 heteroatoms. The Hall–Kier alpha value is -0.540. The first kappa shape index (κ1) is 11.9. The van der Waals surface area contributed by atoms with Gasteiger partial charge in [0.2, 0.25) is 0 Å². The molecule has 0 spiro atoms. The summed E-state index contributed by atoms with van der Waals surface area (Å²) in [6, 6.07) is 9.11. The van der Waals surface area contributed by atoms with Gasteiger partial charge in [-0.3, -0.25) is 0 Å². The van der Waals surface area contributed by atoms with Crippen LogP contribution in [0.4, 0.5) is 5.69 Å². The second-order valence-electron chi connectivity index (χ2n) is 4.49. The molecule has 2 atom stereocenters. The monoisotopic (exact) mass is 282 g/mol. The summed E-state index contributed by atoms with van der Waals surface area (Å²) in [6.07, 6.45) is 1.28. The fraction of sp³-hybridized carbons (Fsp3) is 0.538. The third-order valence-electron chi connectivity index (χ3n) is 3.54. The van der Waals surface area contributed by atoms with Crippen LogP contribution in [0.3, 0.4) is 0 Å². The molecule has 1 saturated heterocycles. The van der Waals surface area contributed by atoms with E-state index in [4.69, 9.17) is 0 Å². The molecular formula is C13H19BrN2. The molecule has 88 valence electrons. The molecule has 1 heterocycles. The Morgan fingerprint density at radius 3 is 2.88 bits per heavy atom. The van der Waals surface area contributed by atoms with E-state index in [1.165, 1.54) is 16.6 Å². The van der Waals surface area contributed by atoms with E-state index in [0.717, 1.165) is 19.0 Å². The van der Waals surface area contributed by atoms with Crippen LogP contribution in [0.25, 0.3) is 0 Å². The average molecular weight is 283 g/mol. The quantitative estimate of drug-likeness (QED) is 0.917. The number of nitrogens with one attached hydrogen (secondary N) is 1. The highest BCUT2D eigenvalue weighted by molar-refractivity contribution is 9.10. The maximum atomic E-state index is 3.64. The van der Waals surface area contributed by atoms with Crippen molar-refractivity contribution in [2.75, 3.05) is 25.0 Å². The van der Waals surface area contributed by atoms with E-state index < -0.39 is 0 Å². The number of nitrogens with zero attached hydrogens (tertiary/aromatic N) is 1. The van der Waals surface area contributed by atoms with Gasteiger partial charge in [0, 0.05) is 17.1 Å². The minimum atomic E-state index is 0.617. The van der Waals surface area contributed by atoms with Crippen LogP contribution in [0.15, 0.2) is 28.7 Å². The predicted molar refractivity (Wildman–Crippen MR) is 73.0 cm³/mol. The van der Waals surface area contributed by atoms with Crippen LogP contribution in [0.2, 0.25) is 0 Å². The van der Waals surface area contributed by atoms with Gasteiger partial charge in [-0.1, -0.05) is 12.1 Å². The highest BCUT2D eigenvalue weighted by Crippen LogP contribution is 2.33. The van der Waals surface area contributed by atoms with Gasteiger partial charge < -0.3 is 10.2 Å². The van der Waals surface area contributed by atoms with Crippen molar-refractivity contribution in [3.8, 4) is 0 Å². The van der Waals surface area contributed by atoms with Crippen LogP contribution in [-0.2, 0) is 0 Å². The van der Waals surface area contributed by atoms with Gasteiger partial charge >= 0.3 is 0 Å². The Labute approximate surface area is 106 Å². The number of rotatable bonds is 3. The molecule has 1 aliphatic rings. The Bertz CT molecular complexity index is 354. The van der Waals surface area contributed by atoms with E-state index >= 15 is 0 Å². The lowest BCUT2D eigenvalue weighted by Crippen LogP contribution is -2.33. The topological polar surface area (TPSA) is 15.3 Å². The molecule has 1 aromatic carbocycles. The largest absolute Gasteiger partial charge is 0.368 e. The maximum absolute atomic E-state index is 3.64. The van der Waals surface area contributed by atoms with Gasteiger partial charge in [0.25, 0.3) is 0 Å². The number of anilines is 1. The van der Waals surface area contributed by atoms with E-state index in [1.54, 1.807) is 0 Å². The first-order chi connectivity index (χ1) is 7.74. The van der Waals surface area contributed by atoms with Gasteiger partial charge in [0.15, 0.2) is 0 Å². The van der Waals surface area contributed by atoms with E-state index in [9.17, 15) is 0 Å². The summed E-state index contributed by atoms with van der Waals surface area (Å²) in [5.74, 6) is 0.761. The predicted octanol–water partition coefficient (Wildman–Crippen LogP) is 2.88. The summed E-state index contributed by atoms with van der Waals surface area (Å²) in [4.78, 5) is 2.51. The third kappa shape index (κ3) is 2.25. The molecule has 0 saturated carbocycles. The molecule has 1 N–H and O–H groups in total. The summed E-state index contributed by atoms with van der Waals surface area (Å²) < 4.78 is 1.20. The molecule has 1 aliphatic heterocycles. The summed E-state index contributed by atoms with van der Waals surface area (Å²) >= 11 is 3.64. The highest BCUT2D eigenvalue weighted by Gasteiger charge is 2.30. The van der Waals surface area contributed by atoms with Gasteiger partial charge in [0.05, 0.1) is 5.69 Å². The van der Waals surface area contributed by atoms with Crippen molar-refractivity contribution in [1.29, 1.82) is 0 Å². The summed E-state index contributed by atoms with van der Waals surface area (Å²) in [7, 11) is 2.04. The average Bonchev–Trinajstić information content (AvgIpc) is 2.62. The number of halogens is 1. The highest BCUT2D eigenvalue weighted by atomic mass is 79.9. The third-order valence-corrected chi connectivity index (χ3v) is 4.21. The summed E-state index contributed by atoms with van der Waals surface area (Å²) in [5.41, 5.74) is 1.33. The van der Waals surface area contributed by atoms with E-state index in [-0.39, 0.29) is 0 Å². The van der Waals surface area contributed by atoms with Crippen molar-refractivity contribution in [3.63, 3.8) is 0 Å². The molecule has 1 fully saturated rings. The molecule has 0 amide bonds. The second kappa shape index (κ2) is 5.19. The van der Waals surface area contributed by atoms with Crippen LogP contribution in [0.1, 0.15) is 13.3 Å². The van der Waals surface area contributed by atoms with Gasteiger partial charge in [-0.25, -0.2) is 0 Å². The van der Waals surface area contributed by atoms with Gasteiger partial charge in [-0.05, 0) is 60.9 Å². The van der Waals surface area contributed by atoms with E-state index in [0.29, 0.717) is 6.04 Å². The van der Waals surface area contributed by atoms with E-state index in [2.05, 4.69) is 57.3 Å². The minimum Gasteiger partial charge on any atom is -0.368 e. The molecule has 1 aromatic rings. The van der Waals surface area contributed by atoms with E-state index in [1.807, 2.05) is 7.05 Å². The van der Waals surface area contributed by atoms with Crippen molar-refractivity contribution in [2.45, 2.75) is 19.4 Å². The SMILES string of the molecule is CNCC1CCN(c2ccccc2Br)C1C. The van der Waals surface area contributed by atoms with Crippen LogP contribution in [0, 0.1) is 5.92 Å².